The summed E-state index contributed by atoms with van der Waals surface area (Å²) in [7, 11) is 1.30. The third-order valence-corrected chi connectivity index (χ3v) is 1.90. The summed E-state index contributed by atoms with van der Waals surface area (Å²) in [5.74, 6) is 4.57. The van der Waals surface area contributed by atoms with Crippen molar-refractivity contribution < 1.29 is 9.66 Å². The molecule has 0 atom stereocenters. The summed E-state index contributed by atoms with van der Waals surface area (Å²) < 4.78 is 4.78. The highest BCUT2D eigenvalue weighted by Gasteiger charge is 2.21. The monoisotopic (exact) mass is 217 g/mol. The van der Waals surface area contributed by atoms with Crippen molar-refractivity contribution in [2.24, 2.45) is 0 Å². The Kier molecular flexibility index (Phi) is 3.41. The van der Waals surface area contributed by atoms with E-state index in [0.29, 0.717) is 11.1 Å². The fourth-order valence-electron chi connectivity index (χ4n) is 1.15. The first-order valence-electron chi connectivity index (χ1n) is 4.20. The number of nitriles is 1. The molecule has 1 aromatic heterocycles. The van der Waals surface area contributed by atoms with Crippen LogP contribution in [0, 0.1) is 40.2 Å². The zero-order valence-corrected chi connectivity index (χ0v) is 8.64. The van der Waals surface area contributed by atoms with Gasteiger partial charge in [0.25, 0.3) is 5.88 Å². The maximum absolute atomic E-state index is 10.8. The Morgan fingerprint density at radius 1 is 1.62 bits per heavy atom. The molecule has 0 fully saturated rings. The van der Waals surface area contributed by atoms with E-state index < -0.39 is 4.92 Å². The van der Waals surface area contributed by atoms with Crippen molar-refractivity contribution in [3.8, 4) is 23.8 Å². The van der Waals surface area contributed by atoms with Crippen LogP contribution in [0.1, 0.15) is 11.1 Å². The van der Waals surface area contributed by atoms with Crippen LogP contribution in [0.3, 0.4) is 0 Å². The van der Waals surface area contributed by atoms with Crippen LogP contribution in [0.15, 0.2) is 6.20 Å². The number of aromatic nitrogens is 1. The molecule has 0 amide bonds. The van der Waals surface area contributed by atoms with Crippen molar-refractivity contribution in [1.82, 2.24) is 4.98 Å². The number of ether oxygens (including phenoxy) is 1. The number of pyridine rings is 1. The fraction of sp³-hybridized carbons (Fsp3) is 0.200. The Hall–Kier alpha value is -2.60. The fourth-order valence-corrected chi connectivity index (χ4v) is 1.15. The summed E-state index contributed by atoms with van der Waals surface area (Å²) >= 11 is 0. The van der Waals surface area contributed by atoms with Gasteiger partial charge < -0.3 is 4.74 Å². The molecule has 6 nitrogen and oxygen atoms in total. The number of rotatable bonds is 2. The lowest BCUT2D eigenvalue weighted by Gasteiger charge is -2.03. The summed E-state index contributed by atoms with van der Waals surface area (Å²) in [6.07, 6.45) is 1.34. The third-order valence-electron chi connectivity index (χ3n) is 1.90. The first-order valence-corrected chi connectivity index (χ1v) is 4.20. The Balaban J connectivity index is 3.45. The number of nitrogens with zero attached hydrogens (tertiary/aromatic N) is 3. The molecule has 1 aromatic rings. The maximum atomic E-state index is 10.8. The molecule has 0 aromatic carbocycles. The quantitative estimate of drug-likeness (QED) is 0.421. The largest absolute Gasteiger partial charge is 0.476 e. The van der Waals surface area contributed by atoms with Crippen LogP contribution in [-0.4, -0.2) is 17.0 Å². The Morgan fingerprint density at radius 3 is 2.81 bits per heavy atom. The van der Waals surface area contributed by atoms with E-state index in [4.69, 9.17) is 10.00 Å². The molecule has 1 heterocycles. The second-order valence-electron chi connectivity index (χ2n) is 2.77. The minimum atomic E-state index is -0.585. The lowest BCUT2D eigenvalue weighted by Crippen LogP contribution is -2.00. The average Bonchev–Trinajstić information content (AvgIpc) is 2.26. The zero-order valence-electron chi connectivity index (χ0n) is 8.64. The van der Waals surface area contributed by atoms with Crippen LogP contribution in [0.4, 0.5) is 5.69 Å². The van der Waals surface area contributed by atoms with E-state index >= 15 is 0 Å². The van der Waals surface area contributed by atoms with Crippen molar-refractivity contribution in [1.29, 1.82) is 5.26 Å². The highest BCUT2D eigenvalue weighted by Crippen LogP contribution is 2.29. The SMILES string of the molecule is COc1ncc(C#CC#N)c(C)c1[N+](=O)[O-]. The van der Waals surface area contributed by atoms with Gasteiger partial charge in [-0.3, -0.25) is 10.1 Å². The summed E-state index contributed by atoms with van der Waals surface area (Å²) in [6, 6.07) is 1.63. The van der Waals surface area contributed by atoms with E-state index in [0.717, 1.165) is 0 Å². The van der Waals surface area contributed by atoms with Crippen molar-refractivity contribution >= 4 is 5.69 Å². The lowest BCUT2D eigenvalue weighted by atomic mass is 10.1. The first kappa shape index (κ1) is 11.5. The van der Waals surface area contributed by atoms with Gasteiger partial charge in [-0.25, -0.2) is 4.98 Å². The van der Waals surface area contributed by atoms with Crippen molar-refractivity contribution in [3.05, 3.63) is 27.4 Å². The smallest absolute Gasteiger partial charge is 0.335 e. The molecule has 0 N–H and O–H groups in total. The van der Waals surface area contributed by atoms with Crippen LogP contribution in [0.2, 0.25) is 0 Å². The van der Waals surface area contributed by atoms with Crippen LogP contribution in [-0.2, 0) is 0 Å². The van der Waals surface area contributed by atoms with Gasteiger partial charge in [0, 0.05) is 17.7 Å². The molecule has 0 saturated heterocycles. The normalized spacial score (nSPS) is 8.56. The van der Waals surface area contributed by atoms with Gasteiger partial charge in [-0.1, -0.05) is 0 Å². The van der Waals surface area contributed by atoms with Crippen molar-refractivity contribution in [3.63, 3.8) is 0 Å². The molecule has 1 rings (SSSR count). The zero-order chi connectivity index (χ0) is 12.1. The van der Waals surface area contributed by atoms with Gasteiger partial charge in [-0.15, -0.1) is 0 Å². The molecule has 0 saturated carbocycles. The van der Waals surface area contributed by atoms with E-state index in [1.807, 2.05) is 0 Å². The van der Waals surface area contributed by atoms with E-state index in [2.05, 4.69) is 16.8 Å². The molecule has 0 spiro atoms. The van der Waals surface area contributed by atoms with Gasteiger partial charge in [0.15, 0.2) is 6.07 Å². The standard InChI is InChI=1S/C10H7N3O3/c1-7-8(4-3-5-11)6-12-10(16-2)9(7)13(14)15/h6H,1-2H3. The van der Waals surface area contributed by atoms with Crippen LogP contribution in [0.5, 0.6) is 5.88 Å². The summed E-state index contributed by atoms with van der Waals surface area (Å²) in [6.45, 7) is 1.53. The molecular formula is C10H7N3O3. The summed E-state index contributed by atoms with van der Waals surface area (Å²) in [5.41, 5.74) is 0.445. The van der Waals surface area contributed by atoms with Gasteiger partial charge in [0.2, 0.25) is 0 Å². The van der Waals surface area contributed by atoms with Crippen molar-refractivity contribution in [2.45, 2.75) is 6.92 Å². The van der Waals surface area contributed by atoms with Crippen molar-refractivity contribution in [2.75, 3.05) is 7.11 Å². The molecule has 0 aliphatic heterocycles. The minimum Gasteiger partial charge on any atom is -0.476 e. The third kappa shape index (κ3) is 2.07. The number of hydrogen-bond acceptors (Lipinski definition) is 5. The van der Waals surface area contributed by atoms with Gasteiger partial charge in [-0.05, 0) is 12.8 Å². The lowest BCUT2D eigenvalue weighted by molar-refractivity contribution is -0.386. The van der Waals surface area contributed by atoms with Gasteiger partial charge in [0.1, 0.15) is 0 Å². The van der Waals surface area contributed by atoms with E-state index in [9.17, 15) is 10.1 Å². The highest BCUT2D eigenvalue weighted by atomic mass is 16.6. The van der Waals surface area contributed by atoms with Crippen LogP contribution >= 0.6 is 0 Å². The molecule has 0 radical (unpaired) electrons. The highest BCUT2D eigenvalue weighted by molar-refractivity contribution is 5.56. The topological polar surface area (TPSA) is 89.0 Å². The molecule has 0 unspecified atom stereocenters. The van der Waals surface area contributed by atoms with E-state index in [-0.39, 0.29) is 11.6 Å². The molecule has 6 heteroatoms. The van der Waals surface area contributed by atoms with Crippen LogP contribution < -0.4 is 4.74 Å². The Bertz CT molecular complexity index is 535. The van der Waals surface area contributed by atoms with Crippen LogP contribution in [0.25, 0.3) is 0 Å². The predicted octanol–water partition coefficient (Wildman–Crippen LogP) is 1.18. The number of methoxy groups -OCH3 is 1. The minimum absolute atomic E-state index is 0.0648. The Morgan fingerprint density at radius 2 is 2.31 bits per heavy atom. The van der Waals surface area contributed by atoms with E-state index in [1.165, 1.54) is 20.2 Å². The van der Waals surface area contributed by atoms with Gasteiger partial charge in [0.05, 0.1) is 17.6 Å². The van der Waals surface area contributed by atoms with Gasteiger partial charge >= 0.3 is 5.69 Å². The maximum Gasteiger partial charge on any atom is 0.335 e. The van der Waals surface area contributed by atoms with Gasteiger partial charge in [-0.2, -0.15) is 5.26 Å². The second kappa shape index (κ2) is 4.76. The predicted molar refractivity (Wildman–Crippen MR) is 54.7 cm³/mol. The molecule has 0 aliphatic carbocycles. The molecule has 16 heavy (non-hydrogen) atoms. The molecule has 0 bridgehead atoms. The van der Waals surface area contributed by atoms with E-state index in [1.54, 1.807) is 6.07 Å². The first-order chi connectivity index (χ1) is 7.61. The molecule has 0 aliphatic rings. The Labute approximate surface area is 91.6 Å². The molecule has 80 valence electrons. The molecular weight excluding hydrogens is 210 g/mol. The summed E-state index contributed by atoms with van der Waals surface area (Å²) in [4.78, 5) is 14.0. The second-order valence-corrected chi connectivity index (χ2v) is 2.77. The number of nitro groups is 1. The number of hydrogen-bond donors (Lipinski definition) is 0. The summed E-state index contributed by atoms with van der Waals surface area (Å²) in [5, 5.41) is 19.1. The average molecular weight is 217 g/mol.